The highest BCUT2D eigenvalue weighted by molar-refractivity contribution is 5.45. The number of hydrogen-bond acceptors (Lipinski definition) is 5. The Morgan fingerprint density at radius 3 is 2.95 bits per heavy atom. The Bertz CT molecular complexity index is 471. The van der Waals surface area contributed by atoms with Crippen molar-refractivity contribution in [3.8, 4) is 11.5 Å². The average Bonchev–Trinajstić information content (AvgIpc) is 3.13. The van der Waals surface area contributed by atoms with Crippen LogP contribution in [-0.4, -0.2) is 39.3 Å². The summed E-state index contributed by atoms with van der Waals surface area (Å²) >= 11 is 0. The lowest BCUT2D eigenvalue weighted by molar-refractivity contribution is -0.0172. The van der Waals surface area contributed by atoms with Crippen LogP contribution in [-0.2, 0) is 9.47 Å². The molecule has 0 saturated carbocycles. The van der Waals surface area contributed by atoms with Gasteiger partial charge in [0.15, 0.2) is 11.5 Å². The molecule has 1 aromatic rings. The smallest absolute Gasteiger partial charge is 0.231 e. The van der Waals surface area contributed by atoms with E-state index in [1.165, 1.54) is 5.56 Å². The van der Waals surface area contributed by atoms with Gasteiger partial charge in [0.05, 0.1) is 6.61 Å². The van der Waals surface area contributed by atoms with Gasteiger partial charge in [-0.1, -0.05) is 6.07 Å². The van der Waals surface area contributed by atoms with Crippen LogP contribution in [0.1, 0.15) is 24.9 Å². The summed E-state index contributed by atoms with van der Waals surface area (Å²) in [7, 11) is 1.75. The minimum atomic E-state index is -0.190. The zero-order chi connectivity index (χ0) is 14.0. The van der Waals surface area contributed by atoms with E-state index in [4.69, 9.17) is 18.9 Å². The highest BCUT2D eigenvalue weighted by Gasteiger charge is 2.35. The number of hydrogen-bond donors (Lipinski definition) is 1. The van der Waals surface area contributed by atoms with E-state index in [1.54, 1.807) is 7.11 Å². The van der Waals surface area contributed by atoms with Crippen LogP contribution in [0, 0.1) is 0 Å². The lowest BCUT2D eigenvalue weighted by atomic mass is 10.0. The fourth-order valence-electron chi connectivity index (χ4n) is 2.60. The molecule has 110 valence electrons. The van der Waals surface area contributed by atoms with Gasteiger partial charge in [0.25, 0.3) is 0 Å². The lowest BCUT2D eigenvalue weighted by Crippen LogP contribution is -2.43. The molecule has 1 saturated heterocycles. The summed E-state index contributed by atoms with van der Waals surface area (Å²) < 4.78 is 21.8. The molecule has 1 N–H and O–H groups in total. The highest BCUT2D eigenvalue weighted by Crippen LogP contribution is 2.34. The van der Waals surface area contributed by atoms with Crippen LogP contribution >= 0.6 is 0 Å². The predicted molar refractivity (Wildman–Crippen MR) is 74.2 cm³/mol. The molecule has 20 heavy (non-hydrogen) atoms. The minimum Gasteiger partial charge on any atom is -0.454 e. The minimum absolute atomic E-state index is 0.190. The maximum Gasteiger partial charge on any atom is 0.231 e. The largest absolute Gasteiger partial charge is 0.454 e. The summed E-state index contributed by atoms with van der Waals surface area (Å²) in [5, 5.41) is 3.52. The molecule has 2 aliphatic rings. The van der Waals surface area contributed by atoms with Gasteiger partial charge in [-0.05, 0) is 24.6 Å². The maximum atomic E-state index is 5.63. The van der Waals surface area contributed by atoms with E-state index in [9.17, 15) is 0 Å². The maximum absolute atomic E-state index is 5.63. The van der Waals surface area contributed by atoms with Gasteiger partial charge >= 0.3 is 0 Å². The summed E-state index contributed by atoms with van der Waals surface area (Å²) in [6.45, 7) is 4.65. The topological polar surface area (TPSA) is 49.0 Å². The lowest BCUT2D eigenvalue weighted by Gasteiger charge is -2.28. The van der Waals surface area contributed by atoms with E-state index in [0.717, 1.165) is 31.1 Å². The molecular weight excluding hydrogens is 258 g/mol. The fraction of sp³-hybridized carbons (Fsp3) is 0.600. The number of nitrogens with one attached hydrogen (secondary N) is 1. The quantitative estimate of drug-likeness (QED) is 0.891. The molecule has 1 fully saturated rings. The molecule has 2 atom stereocenters. The van der Waals surface area contributed by atoms with Gasteiger partial charge in [-0.2, -0.15) is 0 Å². The van der Waals surface area contributed by atoms with E-state index in [0.29, 0.717) is 13.4 Å². The summed E-state index contributed by atoms with van der Waals surface area (Å²) in [6, 6.07) is 6.28. The SMILES string of the molecule is COC1(CNC(C)c2ccc3c(c2)OCO3)CCOC1. The molecule has 0 radical (unpaired) electrons. The fourth-order valence-corrected chi connectivity index (χ4v) is 2.60. The predicted octanol–water partition coefficient (Wildman–Crippen LogP) is 1.87. The Balaban J connectivity index is 1.63. The number of fused-ring (bicyclic) bond motifs is 1. The van der Waals surface area contributed by atoms with Crippen LogP contribution < -0.4 is 14.8 Å². The summed E-state index contributed by atoms with van der Waals surface area (Å²) in [4.78, 5) is 0. The van der Waals surface area contributed by atoms with Gasteiger partial charge in [-0.25, -0.2) is 0 Å². The first-order valence-electron chi connectivity index (χ1n) is 6.98. The van der Waals surface area contributed by atoms with Crippen LogP contribution in [0.25, 0.3) is 0 Å². The zero-order valence-electron chi connectivity index (χ0n) is 12.0. The van der Waals surface area contributed by atoms with Crippen LogP contribution in [0.3, 0.4) is 0 Å². The van der Waals surface area contributed by atoms with Gasteiger partial charge in [-0.3, -0.25) is 0 Å². The highest BCUT2D eigenvalue weighted by atomic mass is 16.7. The van der Waals surface area contributed by atoms with Crippen LogP contribution in [0.5, 0.6) is 11.5 Å². The Morgan fingerprint density at radius 2 is 2.20 bits per heavy atom. The summed E-state index contributed by atoms with van der Waals surface area (Å²) in [5.41, 5.74) is 0.990. The first-order valence-corrected chi connectivity index (χ1v) is 6.98. The number of benzene rings is 1. The second kappa shape index (κ2) is 5.60. The van der Waals surface area contributed by atoms with Crippen molar-refractivity contribution in [1.82, 2.24) is 5.32 Å². The second-order valence-corrected chi connectivity index (χ2v) is 5.41. The molecule has 5 nitrogen and oxygen atoms in total. The summed E-state index contributed by atoms with van der Waals surface area (Å²) in [5.74, 6) is 1.64. The Hall–Kier alpha value is -1.30. The first kappa shape index (κ1) is 13.7. The Labute approximate surface area is 119 Å². The van der Waals surface area contributed by atoms with Gasteiger partial charge in [0.2, 0.25) is 6.79 Å². The molecule has 2 unspecified atom stereocenters. The van der Waals surface area contributed by atoms with Crippen molar-refractivity contribution in [2.75, 3.05) is 33.7 Å². The van der Waals surface area contributed by atoms with Crippen molar-refractivity contribution in [2.45, 2.75) is 25.0 Å². The van der Waals surface area contributed by atoms with Crippen LogP contribution in [0.4, 0.5) is 0 Å². The normalized spacial score (nSPS) is 25.9. The van der Waals surface area contributed by atoms with Gasteiger partial charge in [0, 0.05) is 32.7 Å². The van der Waals surface area contributed by atoms with Crippen molar-refractivity contribution in [2.24, 2.45) is 0 Å². The van der Waals surface area contributed by atoms with Crippen molar-refractivity contribution >= 4 is 0 Å². The number of ether oxygens (including phenoxy) is 4. The molecule has 2 aliphatic heterocycles. The van der Waals surface area contributed by atoms with Gasteiger partial charge < -0.3 is 24.3 Å². The van der Waals surface area contributed by atoms with Crippen molar-refractivity contribution < 1.29 is 18.9 Å². The van der Waals surface area contributed by atoms with Crippen molar-refractivity contribution in [3.05, 3.63) is 23.8 Å². The van der Waals surface area contributed by atoms with Crippen LogP contribution in [0.2, 0.25) is 0 Å². The number of rotatable bonds is 5. The monoisotopic (exact) mass is 279 g/mol. The zero-order valence-corrected chi connectivity index (χ0v) is 12.0. The molecular formula is C15H21NO4. The number of methoxy groups -OCH3 is 1. The average molecular weight is 279 g/mol. The van der Waals surface area contributed by atoms with E-state index >= 15 is 0 Å². The third kappa shape index (κ3) is 2.61. The molecule has 0 bridgehead atoms. The Kier molecular flexibility index (Phi) is 3.83. The van der Waals surface area contributed by atoms with E-state index in [-0.39, 0.29) is 11.6 Å². The van der Waals surface area contributed by atoms with Crippen molar-refractivity contribution in [1.29, 1.82) is 0 Å². The molecule has 1 aromatic carbocycles. The third-order valence-electron chi connectivity index (χ3n) is 4.13. The summed E-state index contributed by atoms with van der Waals surface area (Å²) in [6.07, 6.45) is 0.935. The molecule has 0 amide bonds. The third-order valence-corrected chi connectivity index (χ3v) is 4.13. The molecule has 0 spiro atoms. The van der Waals surface area contributed by atoms with Crippen molar-refractivity contribution in [3.63, 3.8) is 0 Å². The van der Waals surface area contributed by atoms with Crippen LogP contribution in [0.15, 0.2) is 18.2 Å². The van der Waals surface area contributed by atoms with E-state index < -0.39 is 0 Å². The molecule has 0 aliphatic carbocycles. The standard InChI is InChI=1S/C15H21NO4/c1-11(16-8-15(17-2)5-6-18-9-15)12-3-4-13-14(7-12)20-10-19-13/h3-4,7,11,16H,5-6,8-10H2,1-2H3. The van der Waals surface area contributed by atoms with E-state index in [1.807, 2.05) is 12.1 Å². The molecule has 5 heteroatoms. The molecule has 2 heterocycles. The second-order valence-electron chi connectivity index (χ2n) is 5.41. The molecule has 3 rings (SSSR count). The first-order chi connectivity index (χ1) is 9.72. The molecule has 0 aromatic heterocycles. The Morgan fingerprint density at radius 1 is 1.35 bits per heavy atom. The van der Waals surface area contributed by atoms with Gasteiger partial charge in [-0.15, -0.1) is 0 Å². The van der Waals surface area contributed by atoms with Gasteiger partial charge in [0.1, 0.15) is 5.60 Å². The van der Waals surface area contributed by atoms with E-state index in [2.05, 4.69) is 18.3 Å².